The van der Waals surface area contributed by atoms with Gasteiger partial charge in [-0.1, -0.05) is 38.1 Å². The van der Waals surface area contributed by atoms with E-state index in [9.17, 15) is 13.2 Å². The van der Waals surface area contributed by atoms with Gasteiger partial charge in [-0.25, -0.2) is 17.7 Å². The highest BCUT2D eigenvalue weighted by atomic mass is 32.2. The van der Waals surface area contributed by atoms with E-state index in [1.165, 1.54) is 11.1 Å². The maximum atomic E-state index is 14.1. The molecule has 7 nitrogen and oxygen atoms in total. The summed E-state index contributed by atoms with van der Waals surface area (Å²) in [5.74, 6) is 0.108. The van der Waals surface area contributed by atoms with E-state index in [2.05, 4.69) is 48.4 Å². The number of hydrogen-bond acceptors (Lipinski definition) is 4. The molecule has 2 heterocycles. The lowest BCUT2D eigenvalue weighted by molar-refractivity contribution is -0.124. The van der Waals surface area contributed by atoms with Crippen LogP contribution in [0.5, 0.6) is 0 Å². The number of carbonyl (C=O) groups excluding carboxylic acids is 1. The number of carbonyl (C=O) groups is 1. The van der Waals surface area contributed by atoms with Crippen LogP contribution in [0.3, 0.4) is 0 Å². The molecular formula is C30H42N4O3S. The van der Waals surface area contributed by atoms with Crippen LogP contribution in [-0.2, 0) is 33.7 Å². The summed E-state index contributed by atoms with van der Waals surface area (Å²) in [6, 6.07) is 8.58. The first-order valence-electron chi connectivity index (χ1n) is 14.3. The maximum Gasteiger partial charge on any atom is 0.229 e. The first-order chi connectivity index (χ1) is 18.0. The Balaban J connectivity index is 1.19. The average Bonchev–Trinajstić information content (AvgIpc) is 3.59. The third kappa shape index (κ3) is 3.88. The van der Waals surface area contributed by atoms with Crippen molar-refractivity contribution in [2.24, 2.45) is 23.8 Å². The molecule has 1 saturated heterocycles. The predicted octanol–water partition coefficient (Wildman–Crippen LogP) is 4.14. The van der Waals surface area contributed by atoms with Gasteiger partial charge in [0.25, 0.3) is 0 Å². The highest BCUT2D eigenvalue weighted by molar-refractivity contribution is 7.89. The van der Waals surface area contributed by atoms with Crippen molar-refractivity contribution in [2.45, 2.75) is 83.1 Å². The van der Waals surface area contributed by atoms with Crippen molar-refractivity contribution in [2.75, 3.05) is 18.8 Å². The third-order valence-electron chi connectivity index (χ3n) is 11.3. The van der Waals surface area contributed by atoms with Crippen LogP contribution < -0.4 is 5.32 Å². The molecule has 206 valence electrons. The maximum absolute atomic E-state index is 14.1. The summed E-state index contributed by atoms with van der Waals surface area (Å²) in [6.07, 6.45) is 10.3. The zero-order valence-electron chi connectivity index (χ0n) is 23.2. The Kier molecular flexibility index (Phi) is 6.11. The van der Waals surface area contributed by atoms with Crippen molar-refractivity contribution in [3.05, 3.63) is 53.6 Å². The fourth-order valence-corrected chi connectivity index (χ4v) is 10.9. The number of benzene rings is 1. The Hall–Kier alpha value is -2.19. The number of amides is 1. The molecule has 38 heavy (non-hydrogen) atoms. The van der Waals surface area contributed by atoms with Gasteiger partial charge in [-0.15, -0.1) is 0 Å². The molecule has 4 atom stereocenters. The Bertz CT molecular complexity index is 1340. The molecule has 6 rings (SSSR count). The van der Waals surface area contributed by atoms with E-state index < -0.39 is 15.4 Å². The number of aryl methyl sites for hydroxylation is 2. The number of aromatic nitrogens is 2. The number of fused-ring (bicyclic) bond motifs is 4. The summed E-state index contributed by atoms with van der Waals surface area (Å²) in [7, 11) is -1.58. The van der Waals surface area contributed by atoms with Crippen LogP contribution >= 0.6 is 0 Å². The number of piperidine rings is 1. The van der Waals surface area contributed by atoms with E-state index in [0.29, 0.717) is 19.0 Å². The second kappa shape index (κ2) is 8.91. The Morgan fingerprint density at radius 2 is 1.89 bits per heavy atom. The monoisotopic (exact) mass is 538 g/mol. The largest absolute Gasteiger partial charge is 0.352 e. The number of hydrogen-bond donors (Lipinski definition) is 1. The Labute approximate surface area is 227 Å². The first kappa shape index (κ1) is 26.1. The first-order valence-corrected chi connectivity index (χ1v) is 15.9. The molecule has 1 aromatic heterocycles. The lowest BCUT2D eigenvalue weighted by Crippen LogP contribution is -2.55. The van der Waals surface area contributed by atoms with Gasteiger partial charge in [0.15, 0.2) is 0 Å². The minimum Gasteiger partial charge on any atom is -0.352 e. The standard InChI is InChI=1S/C30H42N4O3S/c1-21(25-18-33(4)20-31-25)27(35)32-26-17-23-10-12-30(26,28(23,2)3)19-38(36,37)34-15-13-29(14-16-34)11-9-22-7-5-6-8-24(22)29/h5-8,18,20-21,23,26H,9-17,19H2,1-4H3,(H,32,35)/t21?,23-,26+,30-/m1/s1. The van der Waals surface area contributed by atoms with E-state index in [0.717, 1.165) is 50.6 Å². The van der Waals surface area contributed by atoms with E-state index in [1.807, 2.05) is 24.7 Å². The molecule has 8 heteroatoms. The molecule has 2 saturated carbocycles. The van der Waals surface area contributed by atoms with Gasteiger partial charge in [0.05, 0.1) is 23.7 Å². The summed E-state index contributed by atoms with van der Waals surface area (Å²) in [5, 5.41) is 3.32. The zero-order valence-corrected chi connectivity index (χ0v) is 24.1. The lowest BCUT2D eigenvalue weighted by Gasteiger charge is -2.45. The van der Waals surface area contributed by atoms with Gasteiger partial charge in [-0.3, -0.25) is 4.79 Å². The molecule has 1 aromatic carbocycles. The summed E-state index contributed by atoms with van der Waals surface area (Å²) >= 11 is 0. The van der Waals surface area contributed by atoms with Gasteiger partial charge < -0.3 is 9.88 Å². The molecule has 1 aliphatic heterocycles. The number of rotatable bonds is 6. The highest BCUT2D eigenvalue weighted by Crippen LogP contribution is 2.66. The highest BCUT2D eigenvalue weighted by Gasteiger charge is 2.66. The van der Waals surface area contributed by atoms with Gasteiger partial charge >= 0.3 is 0 Å². The van der Waals surface area contributed by atoms with Gasteiger partial charge in [-0.05, 0) is 79.7 Å². The molecule has 3 fully saturated rings. The second-order valence-electron chi connectivity index (χ2n) is 13.2. The smallest absolute Gasteiger partial charge is 0.229 e. The molecule has 1 N–H and O–H groups in total. The van der Waals surface area contributed by atoms with Crippen molar-refractivity contribution in [1.29, 1.82) is 0 Å². The number of sulfonamides is 1. The molecule has 1 amide bonds. The molecule has 2 aromatic rings. The SMILES string of the molecule is CC(C(=O)N[C@H]1C[C@H]2CC[C@]1(CS(=O)(=O)N1CCC3(CCc4ccccc43)CC1)C2(C)C)c1cn(C)cn1. The van der Waals surface area contributed by atoms with Crippen LogP contribution in [0.15, 0.2) is 36.8 Å². The van der Waals surface area contributed by atoms with E-state index in [-0.39, 0.29) is 34.4 Å². The topological polar surface area (TPSA) is 84.3 Å². The van der Waals surface area contributed by atoms with Crippen molar-refractivity contribution in [3.63, 3.8) is 0 Å². The number of imidazole rings is 1. The summed E-state index contributed by atoms with van der Waals surface area (Å²) in [5.41, 5.74) is 3.15. The van der Waals surface area contributed by atoms with Crippen LogP contribution in [0, 0.1) is 16.7 Å². The molecule has 1 spiro atoms. The molecule has 2 bridgehead atoms. The van der Waals surface area contributed by atoms with Crippen molar-refractivity contribution in [3.8, 4) is 0 Å². The van der Waals surface area contributed by atoms with Crippen molar-refractivity contribution in [1.82, 2.24) is 19.2 Å². The third-order valence-corrected chi connectivity index (χ3v) is 13.3. The van der Waals surface area contributed by atoms with E-state index in [1.54, 1.807) is 10.6 Å². The Morgan fingerprint density at radius 1 is 1.16 bits per heavy atom. The van der Waals surface area contributed by atoms with Gasteiger partial charge in [0.2, 0.25) is 15.9 Å². The average molecular weight is 539 g/mol. The fourth-order valence-electron chi connectivity index (χ4n) is 8.60. The van der Waals surface area contributed by atoms with Crippen molar-refractivity contribution >= 4 is 15.9 Å². The fraction of sp³-hybridized carbons (Fsp3) is 0.667. The molecule has 0 radical (unpaired) electrons. The minimum absolute atomic E-state index is 0.0614. The lowest BCUT2D eigenvalue weighted by atomic mass is 9.69. The predicted molar refractivity (Wildman–Crippen MR) is 148 cm³/mol. The second-order valence-corrected chi connectivity index (χ2v) is 15.2. The number of nitrogens with one attached hydrogen (secondary N) is 1. The summed E-state index contributed by atoms with van der Waals surface area (Å²) in [4.78, 5) is 17.7. The summed E-state index contributed by atoms with van der Waals surface area (Å²) in [6.45, 7) is 7.52. The van der Waals surface area contributed by atoms with E-state index in [4.69, 9.17) is 0 Å². The molecular weight excluding hydrogens is 496 g/mol. The van der Waals surface area contributed by atoms with Gasteiger partial charge in [-0.2, -0.15) is 0 Å². The molecule has 4 aliphatic rings. The Morgan fingerprint density at radius 3 is 2.58 bits per heavy atom. The van der Waals surface area contributed by atoms with Gasteiger partial charge in [0.1, 0.15) is 0 Å². The van der Waals surface area contributed by atoms with Crippen LogP contribution in [-0.4, -0.2) is 53.1 Å². The van der Waals surface area contributed by atoms with Crippen LogP contribution in [0.2, 0.25) is 0 Å². The molecule has 3 aliphatic carbocycles. The van der Waals surface area contributed by atoms with Crippen LogP contribution in [0.4, 0.5) is 0 Å². The normalized spacial score (nSPS) is 30.4. The summed E-state index contributed by atoms with van der Waals surface area (Å²) < 4.78 is 31.7. The minimum atomic E-state index is -3.48. The number of nitrogens with zero attached hydrogens (tertiary/aromatic N) is 3. The zero-order chi connectivity index (χ0) is 26.9. The van der Waals surface area contributed by atoms with Gasteiger partial charge in [0, 0.05) is 37.8 Å². The van der Waals surface area contributed by atoms with E-state index >= 15 is 0 Å². The van der Waals surface area contributed by atoms with Crippen LogP contribution in [0.25, 0.3) is 0 Å². The van der Waals surface area contributed by atoms with Crippen LogP contribution in [0.1, 0.15) is 82.0 Å². The molecule has 1 unspecified atom stereocenters. The van der Waals surface area contributed by atoms with Crippen molar-refractivity contribution < 1.29 is 13.2 Å². The quantitative estimate of drug-likeness (QED) is 0.599.